The number of esters is 2. The molecule has 386 valence electrons. The van der Waals surface area contributed by atoms with Gasteiger partial charge in [0, 0.05) is 12.8 Å². The second-order valence-corrected chi connectivity index (χ2v) is 18.2. The Morgan fingerprint density at radius 2 is 0.588 bits per heavy atom. The molecule has 0 radical (unpaired) electrons. The predicted molar refractivity (Wildman–Crippen MR) is 297 cm³/mol. The Kier molecular flexibility index (Phi) is 54.5. The van der Waals surface area contributed by atoms with Crippen molar-refractivity contribution >= 4 is 11.9 Å². The van der Waals surface area contributed by atoms with Crippen LogP contribution in [0, 0.1) is 0 Å². The molecule has 0 aliphatic carbocycles. The summed E-state index contributed by atoms with van der Waals surface area (Å²) in [5.74, 6) is -0.606. The van der Waals surface area contributed by atoms with Crippen LogP contribution in [0.4, 0.5) is 0 Å². The highest BCUT2D eigenvalue weighted by Gasteiger charge is 2.16. The lowest BCUT2D eigenvalue weighted by molar-refractivity contribution is -0.161. The van der Waals surface area contributed by atoms with Gasteiger partial charge in [-0.25, -0.2) is 0 Å². The molecule has 0 heterocycles. The van der Waals surface area contributed by atoms with Crippen LogP contribution in [0.25, 0.3) is 0 Å². The third-order valence-corrected chi connectivity index (χ3v) is 11.8. The summed E-state index contributed by atoms with van der Waals surface area (Å²) in [4.78, 5) is 24.5. The number of carbonyl (C=O) groups is 2. The summed E-state index contributed by atoms with van der Waals surface area (Å²) in [6, 6.07) is 0. The van der Waals surface area contributed by atoms with E-state index >= 15 is 0 Å². The van der Waals surface area contributed by atoms with Gasteiger partial charge in [-0.2, -0.15) is 0 Å². The summed E-state index contributed by atoms with van der Waals surface area (Å²) in [6.07, 6.45) is 84.5. The molecule has 0 aliphatic rings. The van der Waals surface area contributed by atoms with E-state index in [0.29, 0.717) is 12.8 Å². The monoisotopic (exact) mass is 941 g/mol. The molecule has 0 amide bonds. The first-order chi connectivity index (χ1) is 33.6. The van der Waals surface area contributed by atoms with Crippen molar-refractivity contribution in [3.8, 4) is 0 Å². The Labute approximate surface area is 420 Å². The van der Waals surface area contributed by atoms with Crippen LogP contribution >= 0.6 is 0 Å². The summed E-state index contributed by atoms with van der Waals surface area (Å²) >= 11 is 0. The number of aliphatic hydroxyl groups excluding tert-OH is 1. The molecule has 0 aromatic carbocycles. The van der Waals surface area contributed by atoms with E-state index in [1.807, 2.05) is 0 Å². The van der Waals surface area contributed by atoms with Crippen LogP contribution in [0.3, 0.4) is 0 Å². The van der Waals surface area contributed by atoms with Crippen LogP contribution in [0.15, 0.2) is 122 Å². The molecule has 0 spiro atoms. The number of hydrogen-bond donors (Lipinski definition) is 1. The van der Waals surface area contributed by atoms with Gasteiger partial charge >= 0.3 is 11.9 Å². The molecule has 1 N–H and O–H groups in total. The third-order valence-electron chi connectivity index (χ3n) is 11.8. The lowest BCUT2D eigenvalue weighted by atomic mass is 10.0. The maximum absolute atomic E-state index is 12.3. The number of aliphatic hydroxyl groups is 1. The van der Waals surface area contributed by atoms with Crippen molar-refractivity contribution in [2.24, 2.45) is 0 Å². The molecule has 0 aromatic heterocycles. The molecule has 1 unspecified atom stereocenters. The van der Waals surface area contributed by atoms with Crippen molar-refractivity contribution in [3.05, 3.63) is 122 Å². The van der Waals surface area contributed by atoms with Gasteiger partial charge in [-0.15, -0.1) is 0 Å². The molecule has 0 fully saturated rings. The van der Waals surface area contributed by atoms with Gasteiger partial charge in [0.1, 0.15) is 6.61 Å². The van der Waals surface area contributed by atoms with Crippen LogP contribution in [0.5, 0.6) is 0 Å². The Hall–Kier alpha value is -3.70. The molecule has 68 heavy (non-hydrogen) atoms. The van der Waals surface area contributed by atoms with E-state index in [0.717, 1.165) is 109 Å². The normalized spacial score (nSPS) is 13.2. The average Bonchev–Trinajstić information content (AvgIpc) is 3.34. The van der Waals surface area contributed by atoms with E-state index in [4.69, 9.17) is 9.47 Å². The fourth-order valence-corrected chi connectivity index (χ4v) is 7.61. The minimum atomic E-state index is -0.785. The van der Waals surface area contributed by atoms with Crippen LogP contribution in [0.1, 0.15) is 245 Å². The van der Waals surface area contributed by atoms with Crippen LogP contribution in [-0.4, -0.2) is 36.4 Å². The van der Waals surface area contributed by atoms with Gasteiger partial charge in [0.25, 0.3) is 0 Å². The minimum absolute atomic E-state index is 0.0774. The SMILES string of the molecule is CC/C=C\C/C=C\C/C=C\C/C=C\C/C=C\CCCCCCCCCCCCCCCCCC(=O)OC(CO)COC(=O)CCCCCCCCC/C=C\C/C=C\C/C=C\C/C=C\C/C=C\CC. The molecule has 0 bridgehead atoms. The lowest BCUT2D eigenvalue weighted by Gasteiger charge is -2.15. The van der Waals surface area contributed by atoms with Crippen LogP contribution in [-0.2, 0) is 19.1 Å². The van der Waals surface area contributed by atoms with Crippen molar-refractivity contribution < 1.29 is 24.2 Å². The highest BCUT2D eigenvalue weighted by Crippen LogP contribution is 2.15. The molecule has 5 nitrogen and oxygen atoms in total. The first-order valence-corrected chi connectivity index (χ1v) is 28.1. The first kappa shape index (κ1) is 64.3. The second kappa shape index (κ2) is 57.6. The molecular weight excluding hydrogens is 837 g/mol. The maximum atomic E-state index is 12.3. The number of hydrogen-bond acceptors (Lipinski definition) is 5. The van der Waals surface area contributed by atoms with E-state index in [2.05, 4.69) is 135 Å². The van der Waals surface area contributed by atoms with E-state index in [1.54, 1.807) is 0 Å². The van der Waals surface area contributed by atoms with E-state index in [9.17, 15) is 14.7 Å². The van der Waals surface area contributed by atoms with Crippen molar-refractivity contribution in [1.82, 2.24) is 0 Å². The quantitative estimate of drug-likeness (QED) is 0.0374. The zero-order valence-corrected chi connectivity index (χ0v) is 44.1. The molecule has 0 aliphatic heterocycles. The maximum Gasteiger partial charge on any atom is 0.306 e. The zero-order valence-electron chi connectivity index (χ0n) is 44.1. The number of carbonyl (C=O) groups excluding carboxylic acids is 2. The summed E-state index contributed by atoms with van der Waals surface area (Å²) in [5, 5.41) is 9.66. The largest absolute Gasteiger partial charge is 0.462 e. The topological polar surface area (TPSA) is 72.8 Å². The molecule has 1 atom stereocenters. The number of unbranched alkanes of at least 4 members (excludes halogenated alkanes) is 22. The van der Waals surface area contributed by atoms with E-state index in [-0.39, 0.29) is 25.2 Å². The molecule has 0 saturated carbocycles. The van der Waals surface area contributed by atoms with Crippen molar-refractivity contribution in [2.75, 3.05) is 13.2 Å². The second-order valence-electron chi connectivity index (χ2n) is 18.2. The third kappa shape index (κ3) is 54.9. The summed E-state index contributed by atoms with van der Waals surface area (Å²) in [6.45, 7) is 3.91. The predicted octanol–water partition coefficient (Wildman–Crippen LogP) is 19.1. The van der Waals surface area contributed by atoms with Gasteiger partial charge in [-0.1, -0.05) is 251 Å². The summed E-state index contributed by atoms with van der Waals surface area (Å²) < 4.78 is 10.7. The van der Waals surface area contributed by atoms with Gasteiger partial charge in [-0.3, -0.25) is 9.59 Å². The fourth-order valence-electron chi connectivity index (χ4n) is 7.61. The van der Waals surface area contributed by atoms with Crippen molar-refractivity contribution in [1.29, 1.82) is 0 Å². The fraction of sp³-hybridized carbons (Fsp3) is 0.651. The number of rotatable bonds is 50. The zero-order chi connectivity index (χ0) is 49.2. The lowest BCUT2D eigenvalue weighted by Crippen LogP contribution is -2.28. The highest BCUT2D eigenvalue weighted by molar-refractivity contribution is 5.70. The summed E-state index contributed by atoms with van der Waals surface area (Å²) in [7, 11) is 0. The van der Waals surface area contributed by atoms with Gasteiger partial charge in [-0.05, 0) is 103 Å². The van der Waals surface area contributed by atoms with Crippen molar-refractivity contribution in [3.63, 3.8) is 0 Å². The first-order valence-electron chi connectivity index (χ1n) is 28.1. The molecule has 0 saturated heterocycles. The molecule has 5 heteroatoms. The Bertz CT molecular complexity index is 1390. The van der Waals surface area contributed by atoms with E-state index in [1.165, 1.54) is 109 Å². The van der Waals surface area contributed by atoms with Gasteiger partial charge < -0.3 is 14.6 Å². The number of allylic oxidation sites excluding steroid dienone is 20. The smallest absolute Gasteiger partial charge is 0.306 e. The number of ether oxygens (including phenoxy) is 2. The molecule has 0 aromatic rings. The molecular formula is C63H104O5. The Morgan fingerprint density at radius 3 is 0.882 bits per heavy atom. The van der Waals surface area contributed by atoms with Gasteiger partial charge in [0.05, 0.1) is 6.61 Å². The molecule has 0 rings (SSSR count). The van der Waals surface area contributed by atoms with Crippen LogP contribution in [0.2, 0.25) is 0 Å². The van der Waals surface area contributed by atoms with Crippen molar-refractivity contribution in [2.45, 2.75) is 251 Å². The Morgan fingerprint density at radius 1 is 0.338 bits per heavy atom. The summed E-state index contributed by atoms with van der Waals surface area (Å²) in [5.41, 5.74) is 0. The van der Waals surface area contributed by atoms with E-state index < -0.39 is 6.10 Å². The average molecular weight is 942 g/mol. The Balaban J connectivity index is 3.53. The van der Waals surface area contributed by atoms with Crippen LogP contribution < -0.4 is 0 Å². The standard InChI is InChI=1S/C63H104O5/c1-3-5-7-9-11-13-15-17-19-21-23-25-27-28-29-30-31-32-33-34-36-38-40-42-44-46-48-50-52-54-56-58-63(66)68-61(59-64)60-67-62(65)57-55-53-51-49-47-45-43-41-39-37-35-26-24-22-20-18-16-14-12-10-8-6-4-2/h5-8,11-14,17-20,23-26,28-29,37,39,61,64H,3-4,9-10,15-16,21-22,27,30-36,38,40-60H2,1-2H3/b7-5-,8-6-,13-11-,14-12-,19-17-,20-18-,25-23-,26-24-,29-28-,39-37-. The highest BCUT2D eigenvalue weighted by atomic mass is 16.6. The van der Waals surface area contributed by atoms with Gasteiger partial charge in [0.2, 0.25) is 0 Å². The van der Waals surface area contributed by atoms with Gasteiger partial charge in [0.15, 0.2) is 6.10 Å². The minimum Gasteiger partial charge on any atom is -0.462 e.